The Kier molecular flexibility index (Phi) is 10.7. The standard InChI is InChI=1S/C12H24N6O3/c1-18(2)9-4-3-6-10(16-12(20)21)11(19)14-7-5-8-15-17-13/h10,16H,3-9H2,1-2H3,(H,14,19)(H,20,21)/t10-/m0/s1. The zero-order chi connectivity index (χ0) is 16.1. The monoisotopic (exact) mass is 300 g/mol. The molecule has 0 saturated carbocycles. The summed E-state index contributed by atoms with van der Waals surface area (Å²) in [6.07, 6.45) is 1.43. The lowest BCUT2D eigenvalue weighted by Gasteiger charge is -2.17. The largest absolute Gasteiger partial charge is 0.465 e. The molecule has 9 nitrogen and oxygen atoms in total. The summed E-state index contributed by atoms with van der Waals surface area (Å²) in [5.74, 6) is -0.344. The lowest BCUT2D eigenvalue weighted by molar-refractivity contribution is -0.123. The van der Waals surface area contributed by atoms with Crippen LogP contribution < -0.4 is 10.6 Å². The van der Waals surface area contributed by atoms with Gasteiger partial charge in [0.2, 0.25) is 5.91 Å². The number of carbonyl (C=O) groups is 2. The molecule has 0 aromatic heterocycles. The minimum absolute atomic E-state index is 0.302. The van der Waals surface area contributed by atoms with Gasteiger partial charge in [-0.2, -0.15) is 0 Å². The molecule has 0 rings (SSSR count). The molecule has 120 valence electrons. The van der Waals surface area contributed by atoms with Crippen LogP contribution in [0.4, 0.5) is 4.79 Å². The Bertz CT molecular complexity index is 368. The Labute approximate surface area is 124 Å². The highest BCUT2D eigenvalue weighted by Gasteiger charge is 2.19. The number of hydrogen-bond acceptors (Lipinski definition) is 4. The van der Waals surface area contributed by atoms with E-state index in [1.54, 1.807) is 0 Å². The maximum Gasteiger partial charge on any atom is 0.405 e. The molecule has 9 heteroatoms. The van der Waals surface area contributed by atoms with Crippen molar-refractivity contribution < 1.29 is 14.7 Å². The first-order chi connectivity index (χ1) is 9.97. The van der Waals surface area contributed by atoms with E-state index in [1.165, 1.54) is 0 Å². The SMILES string of the molecule is CN(C)CCCC[C@H](NC(=O)O)C(=O)NCCCN=[N+]=[N-]. The third kappa shape index (κ3) is 11.5. The average molecular weight is 300 g/mol. The zero-order valence-electron chi connectivity index (χ0n) is 12.6. The topological polar surface area (TPSA) is 130 Å². The van der Waals surface area contributed by atoms with Crippen molar-refractivity contribution in [1.29, 1.82) is 0 Å². The van der Waals surface area contributed by atoms with Crippen LogP contribution in [0.3, 0.4) is 0 Å². The van der Waals surface area contributed by atoms with Crippen LogP contribution >= 0.6 is 0 Å². The predicted molar refractivity (Wildman–Crippen MR) is 79.0 cm³/mol. The summed E-state index contributed by atoms with van der Waals surface area (Å²) in [5, 5.41) is 17.0. The summed E-state index contributed by atoms with van der Waals surface area (Å²) >= 11 is 0. The van der Waals surface area contributed by atoms with Crippen LogP contribution in [-0.4, -0.2) is 61.8 Å². The summed E-state index contributed by atoms with van der Waals surface area (Å²) in [6.45, 7) is 1.55. The smallest absolute Gasteiger partial charge is 0.405 e. The highest BCUT2D eigenvalue weighted by atomic mass is 16.4. The molecule has 3 N–H and O–H groups in total. The molecule has 0 aliphatic heterocycles. The fourth-order valence-corrected chi connectivity index (χ4v) is 1.72. The van der Waals surface area contributed by atoms with E-state index in [-0.39, 0.29) is 5.91 Å². The first-order valence-corrected chi connectivity index (χ1v) is 6.90. The first-order valence-electron chi connectivity index (χ1n) is 6.90. The molecule has 0 aromatic rings. The van der Waals surface area contributed by atoms with Crippen LogP contribution in [0.5, 0.6) is 0 Å². The van der Waals surface area contributed by atoms with Gasteiger partial charge in [-0.25, -0.2) is 4.79 Å². The second-order valence-electron chi connectivity index (χ2n) is 4.90. The van der Waals surface area contributed by atoms with Gasteiger partial charge in [0.25, 0.3) is 0 Å². The van der Waals surface area contributed by atoms with Gasteiger partial charge >= 0.3 is 6.09 Å². The van der Waals surface area contributed by atoms with Crippen LogP contribution in [0.2, 0.25) is 0 Å². The molecule has 2 amide bonds. The van der Waals surface area contributed by atoms with Crippen LogP contribution in [0.1, 0.15) is 25.7 Å². The fourth-order valence-electron chi connectivity index (χ4n) is 1.72. The number of nitrogens with zero attached hydrogens (tertiary/aromatic N) is 4. The molecule has 1 atom stereocenters. The van der Waals surface area contributed by atoms with Crippen molar-refractivity contribution in [3.05, 3.63) is 10.4 Å². The third-order valence-corrected chi connectivity index (χ3v) is 2.76. The van der Waals surface area contributed by atoms with E-state index in [9.17, 15) is 9.59 Å². The van der Waals surface area contributed by atoms with Gasteiger partial charge in [-0.15, -0.1) is 0 Å². The molecule has 0 aromatic carbocycles. The number of rotatable bonds is 11. The van der Waals surface area contributed by atoms with Gasteiger partial charge in [-0.1, -0.05) is 5.11 Å². The number of unbranched alkanes of at least 4 members (excludes halogenated alkanes) is 1. The molecule has 0 saturated heterocycles. The summed E-state index contributed by atoms with van der Waals surface area (Å²) in [6, 6.07) is -0.746. The Balaban J connectivity index is 4.09. The van der Waals surface area contributed by atoms with Crippen molar-refractivity contribution in [3.63, 3.8) is 0 Å². The van der Waals surface area contributed by atoms with E-state index in [2.05, 4.69) is 20.7 Å². The zero-order valence-corrected chi connectivity index (χ0v) is 12.6. The van der Waals surface area contributed by atoms with Crippen molar-refractivity contribution in [3.8, 4) is 0 Å². The van der Waals surface area contributed by atoms with Gasteiger partial charge in [-0.05, 0) is 51.9 Å². The summed E-state index contributed by atoms with van der Waals surface area (Å²) in [5.41, 5.74) is 8.11. The van der Waals surface area contributed by atoms with Crippen molar-refractivity contribution in [2.75, 3.05) is 33.7 Å². The third-order valence-electron chi connectivity index (χ3n) is 2.76. The lowest BCUT2D eigenvalue weighted by Crippen LogP contribution is -2.46. The number of amides is 2. The van der Waals surface area contributed by atoms with E-state index < -0.39 is 12.1 Å². The fraction of sp³-hybridized carbons (Fsp3) is 0.833. The summed E-state index contributed by atoms with van der Waals surface area (Å²) in [7, 11) is 3.92. The van der Waals surface area contributed by atoms with Crippen LogP contribution in [0, 0.1) is 0 Å². The van der Waals surface area contributed by atoms with Gasteiger partial charge in [0.15, 0.2) is 0 Å². The van der Waals surface area contributed by atoms with Crippen LogP contribution in [0.15, 0.2) is 5.11 Å². The van der Waals surface area contributed by atoms with E-state index in [4.69, 9.17) is 10.6 Å². The average Bonchev–Trinajstić information content (AvgIpc) is 2.41. The van der Waals surface area contributed by atoms with Crippen molar-refractivity contribution >= 4 is 12.0 Å². The molecule has 0 aliphatic rings. The molecular weight excluding hydrogens is 276 g/mol. The second kappa shape index (κ2) is 11.8. The van der Waals surface area contributed by atoms with Crippen LogP contribution in [-0.2, 0) is 4.79 Å². The molecule has 0 heterocycles. The second-order valence-corrected chi connectivity index (χ2v) is 4.90. The molecule has 21 heavy (non-hydrogen) atoms. The van der Waals surface area contributed by atoms with Gasteiger partial charge < -0.3 is 20.6 Å². The van der Waals surface area contributed by atoms with Crippen LogP contribution in [0.25, 0.3) is 10.4 Å². The number of nitrogens with one attached hydrogen (secondary N) is 2. The molecule has 0 fully saturated rings. The number of azide groups is 1. The maximum absolute atomic E-state index is 11.9. The highest BCUT2D eigenvalue weighted by Crippen LogP contribution is 2.02. The maximum atomic E-state index is 11.9. The van der Waals surface area contributed by atoms with Crippen molar-refractivity contribution in [2.24, 2.45) is 5.11 Å². The number of carboxylic acid groups (broad SMARTS) is 1. The normalized spacial score (nSPS) is 11.6. The Hall–Kier alpha value is -1.99. The van der Waals surface area contributed by atoms with E-state index in [0.29, 0.717) is 25.9 Å². The van der Waals surface area contributed by atoms with Gasteiger partial charge in [0.05, 0.1) is 0 Å². The van der Waals surface area contributed by atoms with Crippen molar-refractivity contribution in [1.82, 2.24) is 15.5 Å². The van der Waals surface area contributed by atoms with Gasteiger partial charge in [0.1, 0.15) is 6.04 Å². The molecule has 0 aliphatic carbocycles. The van der Waals surface area contributed by atoms with Gasteiger partial charge in [0, 0.05) is 18.0 Å². The lowest BCUT2D eigenvalue weighted by atomic mass is 10.1. The predicted octanol–water partition coefficient (Wildman–Crippen LogP) is 1.17. The minimum Gasteiger partial charge on any atom is -0.465 e. The minimum atomic E-state index is -1.21. The Morgan fingerprint density at radius 3 is 2.62 bits per heavy atom. The Morgan fingerprint density at radius 1 is 1.33 bits per heavy atom. The summed E-state index contributed by atoms with van der Waals surface area (Å²) < 4.78 is 0. The molecule has 0 bridgehead atoms. The molecular formula is C12H24N6O3. The van der Waals surface area contributed by atoms with E-state index in [0.717, 1.165) is 19.4 Å². The first kappa shape index (κ1) is 19.0. The number of carbonyl (C=O) groups excluding carboxylic acids is 1. The van der Waals surface area contributed by atoms with Crippen molar-refractivity contribution in [2.45, 2.75) is 31.7 Å². The molecule has 0 spiro atoms. The van der Waals surface area contributed by atoms with E-state index in [1.807, 2.05) is 19.0 Å². The molecule has 0 unspecified atom stereocenters. The quantitative estimate of drug-likeness (QED) is 0.229. The highest BCUT2D eigenvalue weighted by molar-refractivity contribution is 5.85. The summed E-state index contributed by atoms with van der Waals surface area (Å²) in [4.78, 5) is 27.3. The number of hydrogen-bond donors (Lipinski definition) is 3. The van der Waals surface area contributed by atoms with Gasteiger partial charge in [-0.3, -0.25) is 4.79 Å². The van der Waals surface area contributed by atoms with E-state index >= 15 is 0 Å². The molecule has 0 radical (unpaired) electrons. The Morgan fingerprint density at radius 2 is 2.05 bits per heavy atom.